The monoisotopic (exact) mass is 543 g/mol. The molecule has 9 atom stereocenters. The van der Waals surface area contributed by atoms with Crippen molar-refractivity contribution in [3.63, 3.8) is 0 Å². The first-order valence-electron chi connectivity index (χ1n) is 16.4. The summed E-state index contributed by atoms with van der Waals surface area (Å²) in [5, 5.41) is 40.1. The van der Waals surface area contributed by atoms with Crippen LogP contribution in [0.3, 0.4) is 0 Å². The number of ether oxygens (including phenoxy) is 7. The summed E-state index contributed by atoms with van der Waals surface area (Å²) in [7, 11) is -8.66. The smallest absolute Gasteiger partial charge is 0.229 e. The molecular weight excluding hydrogens is 500 g/mol. The van der Waals surface area contributed by atoms with Crippen LogP contribution < -0.4 is 18.9 Å². The third-order valence-electron chi connectivity index (χ3n) is 7.28. The molecule has 0 aliphatic carbocycles. The number of aliphatic hydroxyl groups excluding tert-OH is 4. The van der Waals surface area contributed by atoms with Crippen molar-refractivity contribution in [1.29, 1.82) is 0 Å². The van der Waals surface area contributed by atoms with Gasteiger partial charge in [-0.3, -0.25) is 0 Å². The fourth-order valence-corrected chi connectivity index (χ4v) is 5.27. The SMILES string of the molecule is [2H]C([2H])([2H])Oc1cc(C2OCC3C(c4ccc(OC([2H])([2H])[2H])c(OC([2H])([2H])[2H])c4)OCC23)ccc1OC1OC(CO)C(O)C(O)C1O. The first-order chi connectivity index (χ1) is 21.8. The van der Waals surface area contributed by atoms with Crippen molar-refractivity contribution in [2.24, 2.45) is 11.8 Å². The molecule has 3 aliphatic rings. The van der Waals surface area contributed by atoms with Crippen LogP contribution in [0.4, 0.5) is 0 Å². The molecule has 11 heteroatoms. The number of rotatable bonds is 8. The zero-order chi connectivity index (χ0) is 34.5. The molecule has 0 bridgehead atoms. The van der Waals surface area contributed by atoms with E-state index < -0.39 is 70.6 Å². The predicted molar refractivity (Wildman–Crippen MR) is 131 cm³/mol. The molecule has 0 aromatic heterocycles. The second kappa shape index (κ2) is 11.2. The molecule has 11 nitrogen and oxygen atoms in total. The quantitative estimate of drug-likeness (QED) is 0.378. The summed E-state index contributed by atoms with van der Waals surface area (Å²) in [6, 6.07) is 8.51. The highest BCUT2D eigenvalue weighted by Gasteiger charge is 2.49. The molecule has 3 heterocycles. The summed E-state index contributed by atoms with van der Waals surface area (Å²) in [5.41, 5.74) is 0.989. The molecule has 208 valence electrons. The van der Waals surface area contributed by atoms with Crippen LogP contribution in [0.5, 0.6) is 23.0 Å². The van der Waals surface area contributed by atoms with Crippen LogP contribution in [0.25, 0.3) is 0 Å². The minimum Gasteiger partial charge on any atom is -0.493 e. The lowest BCUT2D eigenvalue weighted by Crippen LogP contribution is -2.60. The van der Waals surface area contributed by atoms with Gasteiger partial charge in [0.15, 0.2) is 23.0 Å². The van der Waals surface area contributed by atoms with Gasteiger partial charge in [-0.1, -0.05) is 12.1 Å². The van der Waals surface area contributed by atoms with Gasteiger partial charge >= 0.3 is 0 Å². The van der Waals surface area contributed by atoms with E-state index in [0.29, 0.717) is 11.1 Å². The molecule has 9 unspecified atom stereocenters. The minimum absolute atomic E-state index is 0.176. The summed E-state index contributed by atoms with van der Waals surface area (Å²) in [5.74, 6) is -1.55. The van der Waals surface area contributed by atoms with Crippen LogP contribution in [0.1, 0.15) is 35.7 Å². The summed E-state index contributed by atoms with van der Waals surface area (Å²) in [6.45, 7) is -0.301. The molecule has 5 rings (SSSR count). The van der Waals surface area contributed by atoms with Gasteiger partial charge in [0, 0.05) is 11.8 Å². The van der Waals surface area contributed by atoms with Crippen molar-refractivity contribution >= 4 is 0 Å². The molecule has 0 spiro atoms. The minimum atomic E-state index is -2.92. The highest BCUT2D eigenvalue weighted by atomic mass is 16.7. The van der Waals surface area contributed by atoms with Crippen molar-refractivity contribution in [3.8, 4) is 23.0 Å². The van der Waals surface area contributed by atoms with E-state index in [2.05, 4.69) is 0 Å². The molecule has 3 saturated heterocycles. The Morgan fingerprint density at radius 3 is 1.89 bits per heavy atom. The van der Waals surface area contributed by atoms with Gasteiger partial charge in [0.25, 0.3) is 0 Å². The van der Waals surface area contributed by atoms with E-state index in [1.54, 1.807) is 12.1 Å². The van der Waals surface area contributed by atoms with Crippen molar-refractivity contribution in [1.82, 2.24) is 0 Å². The van der Waals surface area contributed by atoms with E-state index in [0.717, 1.165) is 0 Å². The van der Waals surface area contributed by atoms with Gasteiger partial charge in [-0.05, 0) is 35.4 Å². The van der Waals surface area contributed by atoms with Gasteiger partial charge in [-0.15, -0.1) is 0 Å². The van der Waals surface area contributed by atoms with Crippen molar-refractivity contribution < 1.29 is 65.9 Å². The molecule has 3 aliphatic heterocycles. The van der Waals surface area contributed by atoms with Gasteiger partial charge in [0.2, 0.25) is 6.29 Å². The summed E-state index contributed by atoms with van der Waals surface area (Å²) in [6.07, 6.45) is -9.16. The summed E-state index contributed by atoms with van der Waals surface area (Å²) >= 11 is 0. The van der Waals surface area contributed by atoms with Crippen molar-refractivity contribution in [2.75, 3.05) is 40.9 Å². The number of hydrogen-bond acceptors (Lipinski definition) is 11. The first kappa shape index (κ1) is 17.9. The number of methoxy groups -OCH3 is 3. The normalized spacial score (nSPS) is 39.1. The molecule has 4 N–H and O–H groups in total. The Kier molecular flexibility index (Phi) is 5.27. The van der Waals surface area contributed by atoms with Crippen LogP contribution in [-0.4, -0.2) is 92.1 Å². The number of benzene rings is 2. The Hall–Kier alpha value is -2.64. The van der Waals surface area contributed by atoms with Crippen LogP contribution in [-0.2, 0) is 14.2 Å². The van der Waals surface area contributed by atoms with Crippen molar-refractivity contribution in [3.05, 3.63) is 47.5 Å². The average molecular weight is 544 g/mol. The maximum absolute atomic E-state index is 10.4. The van der Waals surface area contributed by atoms with E-state index in [4.69, 9.17) is 45.5 Å². The third-order valence-corrected chi connectivity index (χ3v) is 7.28. The highest BCUT2D eigenvalue weighted by molar-refractivity contribution is 5.45. The zero-order valence-corrected chi connectivity index (χ0v) is 19.9. The lowest BCUT2D eigenvalue weighted by atomic mass is 9.85. The summed E-state index contributed by atoms with van der Waals surface area (Å²) in [4.78, 5) is 0. The molecule has 38 heavy (non-hydrogen) atoms. The molecule has 0 radical (unpaired) electrons. The van der Waals surface area contributed by atoms with Crippen LogP contribution in [0, 0.1) is 11.8 Å². The second-order valence-corrected chi connectivity index (χ2v) is 9.37. The molecule has 0 saturated carbocycles. The Bertz CT molecular complexity index is 1400. The second-order valence-electron chi connectivity index (χ2n) is 9.37. The Morgan fingerprint density at radius 2 is 1.32 bits per heavy atom. The number of fused-ring (bicyclic) bond motifs is 1. The van der Waals surface area contributed by atoms with Crippen molar-refractivity contribution in [2.45, 2.75) is 42.9 Å². The lowest BCUT2D eigenvalue weighted by molar-refractivity contribution is -0.277. The maximum Gasteiger partial charge on any atom is 0.229 e. The standard InChI is InChI=1S/C27H34O11/c1-32-17-6-4-13(8-19(17)33-2)25-15-11-36-26(16(15)12-35-25)14-5-7-18(20(9-14)34-3)37-27-24(31)23(30)22(29)21(10-28)38-27/h4-9,15-16,21-31H,10-12H2,1-3H3/i1D3,2D3,3D3. The van der Waals surface area contributed by atoms with E-state index in [9.17, 15) is 20.4 Å². The largest absolute Gasteiger partial charge is 0.493 e. The first-order valence-corrected chi connectivity index (χ1v) is 11.9. The Morgan fingerprint density at radius 1 is 0.763 bits per heavy atom. The molecule has 2 aromatic rings. The van der Waals surface area contributed by atoms with E-state index in [1.165, 1.54) is 24.3 Å². The van der Waals surface area contributed by atoms with Crippen LogP contribution in [0.15, 0.2) is 36.4 Å². The lowest BCUT2D eigenvalue weighted by Gasteiger charge is -2.39. The fraction of sp³-hybridized carbons (Fsp3) is 0.556. The van der Waals surface area contributed by atoms with E-state index in [-0.39, 0.29) is 48.0 Å². The number of aliphatic hydroxyl groups is 4. The van der Waals surface area contributed by atoms with Gasteiger partial charge in [-0.2, -0.15) is 0 Å². The molecule has 3 fully saturated rings. The topological polar surface area (TPSA) is 146 Å². The summed E-state index contributed by atoms with van der Waals surface area (Å²) < 4.78 is 106. The van der Waals surface area contributed by atoms with Crippen LogP contribution >= 0.6 is 0 Å². The van der Waals surface area contributed by atoms with Gasteiger partial charge in [-0.25, -0.2) is 0 Å². The molecule has 2 aromatic carbocycles. The zero-order valence-electron chi connectivity index (χ0n) is 28.9. The molecule has 0 amide bonds. The fourth-order valence-electron chi connectivity index (χ4n) is 5.27. The van der Waals surface area contributed by atoms with Gasteiger partial charge < -0.3 is 53.6 Å². The van der Waals surface area contributed by atoms with E-state index >= 15 is 0 Å². The average Bonchev–Trinajstić information content (AvgIpc) is 3.55. The Balaban J connectivity index is 1.38. The van der Waals surface area contributed by atoms with Gasteiger partial charge in [0.1, 0.15) is 24.4 Å². The predicted octanol–water partition coefficient (Wildman–Crippen LogP) is 0.966. The van der Waals surface area contributed by atoms with Gasteiger partial charge in [0.05, 0.1) is 65.5 Å². The maximum atomic E-state index is 10.4. The highest BCUT2D eigenvalue weighted by Crippen LogP contribution is 2.51. The van der Waals surface area contributed by atoms with Crippen LogP contribution in [0.2, 0.25) is 0 Å². The third kappa shape index (κ3) is 4.79. The van der Waals surface area contributed by atoms with E-state index in [1.807, 2.05) is 0 Å². The molecular formula is C27H34O11. The number of hydrogen-bond donors (Lipinski definition) is 4. The Labute approximate surface area is 233 Å².